The van der Waals surface area contributed by atoms with Crippen LogP contribution in [-0.4, -0.2) is 52.2 Å². The van der Waals surface area contributed by atoms with Crippen molar-refractivity contribution in [1.29, 1.82) is 0 Å². The summed E-state index contributed by atoms with van der Waals surface area (Å²) in [4.78, 5) is 14.9. The van der Waals surface area contributed by atoms with E-state index >= 15 is 0 Å². The molecule has 1 unspecified atom stereocenters. The summed E-state index contributed by atoms with van der Waals surface area (Å²) < 4.78 is 45.7. The van der Waals surface area contributed by atoms with Crippen LogP contribution in [0.25, 0.3) is 5.69 Å². The number of thioether (sulfide) groups is 1. The molecule has 1 atom stereocenters. The molecule has 2 aromatic carbocycles. The SMILES string of the molecule is Cc1cccc(-n2c(SC(C)C(=O)Nc3ccc(C(F)(F)F)cc3)nnc2N2CCOCC2)c1. The molecule has 0 bridgehead atoms. The zero-order valence-corrected chi connectivity index (χ0v) is 19.5. The maximum Gasteiger partial charge on any atom is 0.416 e. The van der Waals surface area contributed by atoms with Gasteiger partial charge in [-0.15, -0.1) is 10.2 Å². The van der Waals surface area contributed by atoms with Crippen LogP contribution in [0.5, 0.6) is 0 Å². The van der Waals surface area contributed by atoms with Crippen molar-refractivity contribution in [3.8, 4) is 5.69 Å². The van der Waals surface area contributed by atoms with Crippen LogP contribution in [0.1, 0.15) is 18.1 Å². The van der Waals surface area contributed by atoms with E-state index in [0.717, 1.165) is 23.4 Å². The van der Waals surface area contributed by atoms with Crippen molar-refractivity contribution < 1.29 is 22.7 Å². The van der Waals surface area contributed by atoms with Crippen LogP contribution in [0.15, 0.2) is 53.7 Å². The van der Waals surface area contributed by atoms with Crippen molar-refractivity contribution >= 4 is 29.3 Å². The van der Waals surface area contributed by atoms with E-state index in [1.165, 1.54) is 23.9 Å². The molecular formula is C23H24F3N5O2S. The fourth-order valence-electron chi connectivity index (χ4n) is 3.50. The number of anilines is 2. The Hall–Kier alpha value is -3.05. The Morgan fingerprint density at radius 2 is 1.82 bits per heavy atom. The molecule has 11 heteroatoms. The molecule has 0 aliphatic carbocycles. The number of benzene rings is 2. The second-order valence-electron chi connectivity index (χ2n) is 7.88. The van der Waals surface area contributed by atoms with Gasteiger partial charge < -0.3 is 15.0 Å². The molecule has 7 nitrogen and oxygen atoms in total. The molecule has 0 saturated carbocycles. The van der Waals surface area contributed by atoms with Crippen molar-refractivity contribution in [2.75, 3.05) is 36.5 Å². The normalized spacial score (nSPS) is 15.3. The zero-order valence-electron chi connectivity index (χ0n) is 18.7. The van der Waals surface area contributed by atoms with Crippen LogP contribution >= 0.6 is 11.8 Å². The van der Waals surface area contributed by atoms with Crippen molar-refractivity contribution in [3.05, 3.63) is 59.7 Å². The highest BCUT2D eigenvalue weighted by molar-refractivity contribution is 8.00. The third kappa shape index (κ3) is 5.53. The first-order valence-corrected chi connectivity index (χ1v) is 11.6. The number of amides is 1. The number of aryl methyl sites for hydroxylation is 1. The Labute approximate surface area is 199 Å². The highest BCUT2D eigenvalue weighted by atomic mass is 32.2. The number of nitrogens with one attached hydrogen (secondary N) is 1. The van der Waals surface area contributed by atoms with E-state index in [1.54, 1.807) is 6.92 Å². The molecule has 3 aromatic rings. The Bertz CT molecular complexity index is 1140. The lowest BCUT2D eigenvalue weighted by atomic mass is 10.2. The van der Waals surface area contributed by atoms with Gasteiger partial charge >= 0.3 is 6.18 Å². The van der Waals surface area contributed by atoms with Gasteiger partial charge in [-0.1, -0.05) is 23.9 Å². The first kappa shape index (κ1) is 24.1. The van der Waals surface area contributed by atoms with Crippen LogP contribution in [0, 0.1) is 6.92 Å². The molecule has 1 aromatic heterocycles. The standard InChI is InChI=1S/C23H24F3N5O2S/c1-15-4-3-5-19(14-15)31-21(30-10-12-33-13-11-30)28-29-22(31)34-16(2)20(32)27-18-8-6-17(7-9-18)23(24,25)26/h3-9,14,16H,10-13H2,1-2H3,(H,27,32). The van der Waals surface area contributed by atoms with E-state index in [-0.39, 0.29) is 5.91 Å². The summed E-state index contributed by atoms with van der Waals surface area (Å²) in [6.45, 7) is 6.25. The van der Waals surface area contributed by atoms with Gasteiger partial charge in [0.2, 0.25) is 11.9 Å². The molecular weight excluding hydrogens is 467 g/mol. The quantitative estimate of drug-likeness (QED) is 0.510. The number of carbonyl (C=O) groups is 1. The van der Waals surface area contributed by atoms with Crippen molar-refractivity contribution in [2.45, 2.75) is 30.4 Å². The van der Waals surface area contributed by atoms with E-state index in [9.17, 15) is 18.0 Å². The van der Waals surface area contributed by atoms with Crippen molar-refractivity contribution in [2.24, 2.45) is 0 Å². The minimum Gasteiger partial charge on any atom is -0.378 e. The summed E-state index contributed by atoms with van der Waals surface area (Å²) >= 11 is 1.23. The summed E-state index contributed by atoms with van der Waals surface area (Å²) in [6, 6.07) is 12.3. The largest absolute Gasteiger partial charge is 0.416 e. The molecule has 4 rings (SSSR count). The number of alkyl halides is 3. The molecule has 34 heavy (non-hydrogen) atoms. The maximum atomic E-state index is 12.8. The average Bonchev–Trinajstić information content (AvgIpc) is 3.23. The number of nitrogens with zero attached hydrogens (tertiary/aromatic N) is 4. The molecule has 180 valence electrons. The molecule has 1 N–H and O–H groups in total. The van der Waals surface area contributed by atoms with Gasteiger partial charge in [0.05, 0.1) is 29.7 Å². The average molecular weight is 492 g/mol. The number of hydrogen-bond donors (Lipinski definition) is 1. The number of carbonyl (C=O) groups excluding carboxylic acids is 1. The monoisotopic (exact) mass is 491 g/mol. The van der Waals surface area contributed by atoms with Gasteiger partial charge in [-0.25, -0.2) is 0 Å². The summed E-state index contributed by atoms with van der Waals surface area (Å²) in [7, 11) is 0. The molecule has 1 aliphatic heterocycles. The lowest BCUT2D eigenvalue weighted by molar-refractivity contribution is -0.137. The predicted molar refractivity (Wildman–Crippen MR) is 125 cm³/mol. The zero-order chi connectivity index (χ0) is 24.3. The molecule has 1 fully saturated rings. The van der Waals surface area contributed by atoms with Gasteiger partial charge in [0.1, 0.15) is 0 Å². The first-order valence-electron chi connectivity index (χ1n) is 10.7. The van der Waals surface area contributed by atoms with Gasteiger partial charge in [-0.05, 0) is 55.8 Å². The van der Waals surface area contributed by atoms with Gasteiger partial charge in [0.15, 0.2) is 5.16 Å². The van der Waals surface area contributed by atoms with Crippen LogP contribution in [0.4, 0.5) is 24.8 Å². The number of rotatable bonds is 6. The molecule has 1 saturated heterocycles. The summed E-state index contributed by atoms with van der Waals surface area (Å²) in [5, 5.41) is 11.4. The first-order chi connectivity index (χ1) is 16.2. The number of ether oxygens (including phenoxy) is 1. The van der Waals surface area contributed by atoms with E-state index in [4.69, 9.17) is 4.74 Å². The highest BCUT2D eigenvalue weighted by Gasteiger charge is 2.30. The second-order valence-corrected chi connectivity index (χ2v) is 9.19. The van der Waals surface area contributed by atoms with Gasteiger partial charge in [0.25, 0.3) is 0 Å². The molecule has 1 aliphatic rings. The van der Waals surface area contributed by atoms with Gasteiger partial charge in [-0.3, -0.25) is 9.36 Å². The van der Waals surface area contributed by atoms with Crippen LogP contribution in [-0.2, 0) is 15.7 Å². The molecule has 1 amide bonds. The van der Waals surface area contributed by atoms with E-state index in [0.29, 0.717) is 43.1 Å². The molecule has 0 radical (unpaired) electrons. The number of aromatic nitrogens is 3. The third-order valence-electron chi connectivity index (χ3n) is 5.30. The topological polar surface area (TPSA) is 72.3 Å². The molecule has 2 heterocycles. The van der Waals surface area contributed by atoms with Gasteiger partial charge in [-0.2, -0.15) is 13.2 Å². The summed E-state index contributed by atoms with van der Waals surface area (Å²) in [5.41, 5.74) is 1.47. The lowest BCUT2D eigenvalue weighted by Crippen LogP contribution is -2.38. The van der Waals surface area contributed by atoms with Gasteiger partial charge in [0, 0.05) is 18.8 Å². The maximum absolute atomic E-state index is 12.8. The van der Waals surface area contributed by atoms with Crippen LogP contribution < -0.4 is 10.2 Å². The predicted octanol–water partition coefficient (Wildman–Crippen LogP) is 4.55. The van der Waals surface area contributed by atoms with Crippen LogP contribution in [0.3, 0.4) is 0 Å². The number of morpholine rings is 1. The summed E-state index contributed by atoms with van der Waals surface area (Å²) in [5.74, 6) is 0.322. The minimum absolute atomic E-state index is 0.291. The third-order valence-corrected chi connectivity index (χ3v) is 6.34. The fraction of sp³-hybridized carbons (Fsp3) is 0.348. The smallest absolute Gasteiger partial charge is 0.378 e. The number of halogens is 3. The number of hydrogen-bond acceptors (Lipinski definition) is 6. The van der Waals surface area contributed by atoms with E-state index in [2.05, 4.69) is 20.4 Å². The minimum atomic E-state index is -4.43. The molecule has 0 spiro atoms. The van der Waals surface area contributed by atoms with Crippen LogP contribution in [0.2, 0.25) is 0 Å². The Morgan fingerprint density at radius 1 is 1.12 bits per heavy atom. The Morgan fingerprint density at radius 3 is 2.47 bits per heavy atom. The van der Waals surface area contributed by atoms with E-state index < -0.39 is 17.0 Å². The summed E-state index contributed by atoms with van der Waals surface area (Å²) in [6.07, 6.45) is -4.43. The highest BCUT2D eigenvalue weighted by Crippen LogP contribution is 2.32. The second kappa shape index (κ2) is 10.1. The Balaban J connectivity index is 1.54. The van der Waals surface area contributed by atoms with E-state index in [1.807, 2.05) is 35.8 Å². The fourth-order valence-corrected chi connectivity index (χ4v) is 4.36. The van der Waals surface area contributed by atoms with Crippen molar-refractivity contribution in [1.82, 2.24) is 14.8 Å². The lowest BCUT2D eigenvalue weighted by Gasteiger charge is -2.28. The van der Waals surface area contributed by atoms with Crippen molar-refractivity contribution in [3.63, 3.8) is 0 Å². The Kier molecular flexibility index (Phi) is 7.13.